The number of anilines is 2. The first kappa shape index (κ1) is 8.79. The maximum Gasteiger partial charge on any atom is 0.317 e. The molecule has 1 aromatic rings. The number of carbonyl (C=O) groups excluding carboxylic acids is 1. The van der Waals surface area contributed by atoms with Gasteiger partial charge in [0.15, 0.2) is 0 Å². The van der Waals surface area contributed by atoms with E-state index >= 15 is 0 Å². The first-order valence-electron chi connectivity index (χ1n) is 4.39. The Morgan fingerprint density at radius 2 is 2.43 bits per heavy atom. The summed E-state index contributed by atoms with van der Waals surface area (Å²) in [5.74, 6) is -0.0481. The van der Waals surface area contributed by atoms with Crippen LogP contribution in [0.1, 0.15) is 12.8 Å². The van der Waals surface area contributed by atoms with E-state index in [9.17, 15) is 4.79 Å². The SMILES string of the molecule is Nc1nnc(NC2CCCNC2=O)o1. The number of nitrogens with zero attached hydrogens (tertiary/aromatic N) is 2. The smallest absolute Gasteiger partial charge is 0.317 e. The summed E-state index contributed by atoms with van der Waals surface area (Å²) < 4.78 is 4.90. The quantitative estimate of drug-likeness (QED) is 0.581. The van der Waals surface area contributed by atoms with Crippen molar-refractivity contribution in [3.8, 4) is 0 Å². The third-order valence-corrected chi connectivity index (χ3v) is 2.02. The average Bonchev–Trinajstić information content (AvgIpc) is 2.56. The fraction of sp³-hybridized carbons (Fsp3) is 0.571. The molecule has 76 valence electrons. The Morgan fingerprint density at radius 3 is 3.07 bits per heavy atom. The van der Waals surface area contributed by atoms with Gasteiger partial charge < -0.3 is 20.8 Å². The molecule has 1 amide bonds. The fourth-order valence-electron chi connectivity index (χ4n) is 1.35. The van der Waals surface area contributed by atoms with Gasteiger partial charge in [0.2, 0.25) is 5.91 Å². The molecule has 7 heteroatoms. The summed E-state index contributed by atoms with van der Waals surface area (Å²) in [4.78, 5) is 11.3. The number of nitrogen functional groups attached to an aromatic ring is 1. The molecule has 1 aliphatic rings. The lowest BCUT2D eigenvalue weighted by atomic mass is 10.1. The maximum absolute atomic E-state index is 11.3. The van der Waals surface area contributed by atoms with E-state index in [2.05, 4.69) is 20.8 Å². The van der Waals surface area contributed by atoms with Crippen molar-refractivity contribution in [2.24, 2.45) is 0 Å². The minimum absolute atomic E-state index is 0.0104. The van der Waals surface area contributed by atoms with E-state index in [0.717, 1.165) is 19.4 Å². The highest BCUT2D eigenvalue weighted by Crippen LogP contribution is 2.12. The molecule has 2 rings (SSSR count). The van der Waals surface area contributed by atoms with Gasteiger partial charge in [-0.05, 0) is 12.8 Å². The largest absolute Gasteiger partial charge is 0.390 e. The second-order valence-corrected chi connectivity index (χ2v) is 3.08. The zero-order valence-corrected chi connectivity index (χ0v) is 7.49. The minimum Gasteiger partial charge on any atom is -0.390 e. The van der Waals surface area contributed by atoms with Crippen LogP contribution in [0.4, 0.5) is 12.0 Å². The number of rotatable bonds is 2. The van der Waals surface area contributed by atoms with E-state index in [1.807, 2.05) is 0 Å². The lowest BCUT2D eigenvalue weighted by Gasteiger charge is -2.21. The van der Waals surface area contributed by atoms with Crippen molar-refractivity contribution in [1.29, 1.82) is 0 Å². The molecule has 1 aromatic heterocycles. The summed E-state index contributed by atoms with van der Waals surface area (Å²) in [6, 6.07) is -0.128. The van der Waals surface area contributed by atoms with Crippen LogP contribution in [-0.4, -0.2) is 28.7 Å². The number of hydrogen-bond acceptors (Lipinski definition) is 6. The third-order valence-electron chi connectivity index (χ3n) is 2.02. The van der Waals surface area contributed by atoms with Crippen molar-refractivity contribution in [2.75, 3.05) is 17.6 Å². The van der Waals surface area contributed by atoms with E-state index in [4.69, 9.17) is 10.2 Å². The predicted molar refractivity (Wildman–Crippen MR) is 48.4 cm³/mol. The molecule has 14 heavy (non-hydrogen) atoms. The summed E-state index contributed by atoms with van der Waals surface area (Å²) in [5, 5.41) is 12.6. The second-order valence-electron chi connectivity index (χ2n) is 3.08. The Labute approximate surface area is 80.1 Å². The lowest BCUT2D eigenvalue weighted by molar-refractivity contribution is -0.123. The first-order valence-corrected chi connectivity index (χ1v) is 4.39. The number of aromatic nitrogens is 2. The van der Waals surface area contributed by atoms with Gasteiger partial charge in [0.1, 0.15) is 6.04 Å². The van der Waals surface area contributed by atoms with Gasteiger partial charge in [0, 0.05) is 6.54 Å². The van der Waals surface area contributed by atoms with Crippen LogP contribution in [0.15, 0.2) is 4.42 Å². The van der Waals surface area contributed by atoms with E-state index in [0.29, 0.717) is 0 Å². The van der Waals surface area contributed by atoms with Crippen LogP contribution in [0.5, 0.6) is 0 Å². The summed E-state index contributed by atoms with van der Waals surface area (Å²) in [7, 11) is 0. The van der Waals surface area contributed by atoms with Gasteiger partial charge in [0.25, 0.3) is 0 Å². The van der Waals surface area contributed by atoms with E-state index in [1.165, 1.54) is 0 Å². The maximum atomic E-state index is 11.3. The lowest BCUT2D eigenvalue weighted by Crippen LogP contribution is -2.44. The first-order chi connectivity index (χ1) is 6.75. The van der Waals surface area contributed by atoms with Crippen molar-refractivity contribution in [3.63, 3.8) is 0 Å². The molecule has 0 spiro atoms. The number of nitrogens with two attached hydrogens (primary N) is 1. The second kappa shape index (κ2) is 3.52. The van der Waals surface area contributed by atoms with Crippen molar-refractivity contribution in [3.05, 3.63) is 0 Å². The number of hydrogen-bond donors (Lipinski definition) is 3. The monoisotopic (exact) mass is 197 g/mol. The van der Waals surface area contributed by atoms with Gasteiger partial charge in [0.05, 0.1) is 0 Å². The van der Waals surface area contributed by atoms with Crippen LogP contribution < -0.4 is 16.4 Å². The molecule has 0 bridgehead atoms. The number of carbonyl (C=O) groups is 1. The van der Waals surface area contributed by atoms with Crippen LogP contribution >= 0.6 is 0 Å². The molecule has 2 heterocycles. The minimum atomic E-state index is -0.302. The normalized spacial score (nSPS) is 21.7. The molecule has 0 aromatic carbocycles. The van der Waals surface area contributed by atoms with Gasteiger partial charge in [-0.25, -0.2) is 0 Å². The van der Waals surface area contributed by atoms with Crippen molar-refractivity contribution >= 4 is 17.9 Å². The van der Waals surface area contributed by atoms with E-state index in [-0.39, 0.29) is 24.0 Å². The Bertz CT molecular complexity index is 337. The number of nitrogens with one attached hydrogen (secondary N) is 2. The van der Waals surface area contributed by atoms with Gasteiger partial charge >= 0.3 is 12.0 Å². The molecular formula is C7H11N5O2. The molecule has 0 saturated carbocycles. The standard InChI is InChI=1S/C7H11N5O2/c8-6-11-12-7(14-6)10-4-2-1-3-9-5(4)13/h4H,1-3H2,(H2,8,11)(H,9,13)(H,10,12). The average molecular weight is 197 g/mol. The molecule has 7 nitrogen and oxygen atoms in total. The molecule has 0 aliphatic carbocycles. The highest BCUT2D eigenvalue weighted by Gasteiger charge is 2.23. The van der Waals surface area contributed by atoms with Crippen LogP contribution in [0.25, 0.3) is 0 Å². The molecule has 4 N–H and O–H groups in total. The third kappa shape index (κ3) is 1.76. The van der Waals surface area contributed by atoms with E-state index in [1.54, 1.807) is 0 Å². The Kier molecular flexibility index (Phi) is 2.21. The summed E-state index contributed by atoms with van der Waals surface area (Å²) in [6.07, 6.45) is 1.70. The van der Waals surface area contributed by atoms with Crippen molar-refractivity contribution in [1.82, 2.24) is 15.5 Å². The molecule has 1 aliphatic heterocycles. The van der Waals surface area contributed by atoms with Crippen molar-refractivity contribution < 1.29 is 9.21 Å². The molecule has 0 radical (unpaired) electrons. The van der Waals surface area contributed by atoms with Crippen LogP contribution in [0, 0.1) is 0 Å². The molecular weight excluding hydrogens is 186 g/mol. The van der Waals surface area contributed by atoms with Gasteiger partial charge in [-0.3, -0.25) is 4.79 Å². The van der Waals surface area contributed by atoms with Crippen molar-refractivity contribution in [2.45, 2.75) is 18.9 Å². The summed E-state index contributed by atoms with van der Waals surface area (Å²) in [5.41, 5.74) is 5.24. The zero-order chi connectivity index (χ0) is 9.97. The van der Waals surface area contributed by atoms with Crippen LogP contribution in [0.3, 0.4) is 0 Å². The van der Waals surface area contributed by atoms with Gasteiger partial charge in [-0.15, -0.1) is 0 Å². The summed E-state index contributed by atoms with van der Waals surface area (Å²) in [6.45, 7) is 0.725. The van der Waals surface area contributed by atoms with Gasteiger partial charge in [-0.1, -0.05) is 10.2 Å². The van der Waals surface area contributed by atoms with Crippen LogP contribution in [-0.2, 0) is 4.79 Å². The Hall–Kier alpha value is -1.79. The molecule has 1 saturated heterocycles. The van der Waals surface area contributed by atoms with Gasteiger partial charge in [-0.2, -0.15) is 0 Å². The molecule has 1 fully saturated rings. The summed E-state index contributed by atoms with van der Waals surface area (Å²) >= 11 is 0. The topological polar surface area (TPSA) is 106 Å². The van der Waals surface area contributed by atoms with E-state index < -0.39 is 0 Å². The highest BCUT2D eigenvalue weighted by atomic mass is 16.4. The molecule has 1 atom stereocenters. The van der Waals surface area contributed by atoms with Crippen LogP contribution in [0.2, 0.25) is 0 Å². The molecule has 1 unspecified atom stereocenters. The highest BCUT2D eigenvalue weighted by molar-refractivity contribution is 5.84. The Morgan fingerprint density at radius 1 is 1.57 bits per heavy atom. The fourth-order valence-corrected chi connectivity index (χ4v) is 1.35. The number of amides is 1. The number of piperidine rings is 1. The Balaban J connectivity index is 1.99. The predicted octanol–water partition coefficient (Wildman–Crippen LogP) is -0.658. The zero-order valence-electron chi connectivity index (χ0n) is 7.49.